The molecule has 6 heteroatoms. The number of aliphatic carboxylic acids is 1. The Balaban J connectivity index is 2.64. The van der Waals surface area contributed by atoms with Crippen molar-refractivity contribution in [3.05, 3.63) is 0 Å². The molecule has 0 aromatic carbocycles. The number of hydrogen-bond donors (Lipinski definition) is 2. The number of halogens is 3. The zero-order valence-corrected chi connectivity index (χ0v) is 7.47. The lowest BCUT2D eigenvalue weighted by molar-refractivity contribution is -0.175. The van der Waals surface area contributed by atoms with Gasteiger partial charge in [0, 0.05) is 6.42 Å². The minimum Gasteiger partial charge on any atom is -0.481 e. The molecule has 0 unspecified atom stereocenters. The van der Waals surface area contributed by atoms with Gasteiger partial charge in [-0.1, -0.05) is 0 Å². The molecule has 1 heterocycles. The third-order valence-electron chi connectivity index (χ3n) is 2.38. The minimum atomic E-state index is -4.35. The fourth-order valence-corrected chi connectivity index (χ4v) is 1.78. The summed E-state index contributed by atoms with van der Waals surface area (Å²) in [6, 6.07) is -1.66. The first kappa shape index (κ1) is 11.3. The van der Waals surface area contributed by atoms with Gasteiger partial charge in [-0.05, 0) is 25.3 Å². The summed E-state index contributed by atoms with van der Waals surface area (Å²) in [5.74, 6) is -2.01. The summed E-state index contributed by atoms with van der Waals surface area (Å²) < 4.78 is 37.2. The molecule has 0 aromatic rings. The third kappa shape index (κ3) is 2.87. The molecule has 82 valence electrons. The van der Waals surface area contributed by atoms with Crippen LogP contribution in [0.5, 0.6) is 0 Å². The van der Waals surface area contributed by atoms with Crippen molar-refractivity contribution in [1.29, 1.82) is 0 Å². The Hall–Kier alpha value is -0.780. The molecule has 0 amide bonds. The highest BCUT2D eigenvalue weighted by atomic mass is 19.4. The summed E-state index contributed by atoms with van der Waals surface area (Å²) in [7, 11) is 0. The van der Waals surface area contributed by atoms with Crippen LogP contribution < -0.4 is 5.32 Å². The van der Waals surface area contributed by atoms with Gasteiger partial charge in [0.05, 0.1) is 0 Å². The third-order valence-corrected chi connectivity index (χ3v) is 2.38. The van der Waals surface area contributed by atoms with Gasteiger partial charge in [-0.25, -0.2) is 0 Å². The average Bonchev–Trinajstić information content (AvgIpc) is 2.01. The maximum atomic E-state index is 12.4. The van der Waals surface area contributed by atoms with Gasteiger partial charge >= 0.3 is 12.1 Å². The zero-order chi connectivity index (χ0) is 10.8. The van der Waals surface area contributed by atoms with E-state index in [2.05, 4.69) is 5.32 Å². The van der Waals surface area contributed by atoms with Crippen LogP contribution in [0.25, 0.3) is 0 Å². The summed E-state index contributed by atoms with van der Waals surface area (Å²) in [4.78, 5) is 10.3. The van der Waals surface area contributed by atoms with E-state index in [9.17, 15) is 18.0 Å². The molecule has 0 aliphatic carbocycles. The lowest BCUT2D eigenvalue weighted by Gasteiger charge is -2.33. The number of hydrogen-bond acceptors (Lipinski definition) is 2. The number of carbonyl (C=O) groups is 1. The standard InChI is InChI=1S/C8H12F3NO2/c9-8(10,11)7-5(4-6(13)14)2-1-3-12-7/h5,7,12H,1-4H2,(H,13,14)/t5-,7+/m0/s1. The van der Waals surface area contributed by atoms with Crippen LogP contribution in [0.4, 0.5) is 13.2 Å². The van der Waals surface area contributed by atoms with Gasteiger partial charge in [0.15, 0.2) is 0 Å². The van der Waals surface area contributed by atoms with Crippen LogP contribution in [0.15, 0.2) is 0 Å². The number of alkyl halides is 3. The van der Waals surface area contributed by atoms with Crippen molar-refractivity contribution in [2.45, 2.75) is 31.5 Å². The molecular weight excluding hydrogens is 199 g/mol. The van der Waals surface area contributed by atoms with E-state index in [1.54, 1.807) is 0 Å². The van der Waals surface area contributed by atoms with Crippen LogP contribution in [0.1, 0.15) is 19.3 Å². The smallest absolute Gasteiger partial charge is 0.404 e. The maximum Gasteiger partial charge on any atom is 0.404 e. The van der Waals surface area contributed by atoms with E-state index in [0.29, 0.717) is 19.4 Å². The van der Waals surface area contributed by atoms with Crippen LogP contribution in [0.3, 0.4) is 0 Å². The Bertz CT molecular complexity index is 217. The normalized spacial score (nSPS) is 28.8. The van der Waals surface area contributed by atoms with Gasteiger partial charge in [0.2, 0.25) is 0 Å². The van der Waals surface area contributed by atoms with Gasteiger partial charge in [-0.15, -0.1) is 0 Å². The molecule has 1 aliphatic heterocycles. The van der Waals surface area contributed by atoms with Crippen LogP contribution in [-0.2, 0) is 4.79 Å². The van der Waals surface area contributed by atoms with E-state index in [1.807, 2.05) is 0 Å². The highest BCUT2D eigenvalue weighted by molar-refractivity contribution is 5.67. The van der Waals surface area contributed by atoms with E-state index in [0.717, 1.165) is 0 Å². The molecule has 1 rings (SSSR count). The predicted molar refractivity (Wildman–Crippen MR) is 42.8 cm³/mol. The molecule has 1 fully saturated rings. The van der Waals surface area contributed by atoms with Gasteiger partial charge in [-0.2, -0.15) is 13.2 Å². The number of carboxylic acids is 1. The van der Waals surface area contributed by atoms with E-state index in [1.165, 1.54) is 0 Å². The van der Waals surface area contributed by atoms with E-state index in [-0.39, 0.29) is 0 Å². The average molecular weight is 211 g/mol. The Morgan fingerprint density at radius 1 is 1.50 bits per heavy atom. The molecule has 2 N–H and O–H groups in total. The lowest BCUT2D eigenvalue weighted by atomic mass is 9.88. The van der Waals surface area contributed by atoms with Gasteiger partial charge in [0.1, 0.15) is 6.04 Å². The van der Waals surface area contributed by atoms with Crippen molar-refractivity contribution in [3.8, 4) is 0 Å². The molecule has 0 bridgehead atoms. The second kappa shape index (κ2) is 4.16. The quantitative estimate of drug-likeness (QED) is 0.725. The highest BCUT2D eigenvalue weighted by Gasteiger charge is 2.45. The summed E-state index contributed by atoms with van der Waals surface area (Å²) in [6.07, 6.45) is -3.84. The van der Waals surface area contributed by atoms with Crippen molar-refractivity contribution >= 4 is 5.97 Å². The molecule has 14 heavy (non-hydrogen) atoms. The molecular formula is C8H12F3NO2. The summed E-state index contributed by atoms with van der Waals surface area (Å²) in [5.41, 5.74) is 0. The largest absolute Gasteiger partial charge is 0.481 e. The molecule has 0 radical (unpaired) electrons. The molecule has 0 spiro atoms. The summed E-state index contributed by atoms with van der Waals surface area (Å²) >= 11 is 0. The predicted octanol–water partition coefficient (Wildman–Crippen LogP) is 1.39. The van der Waals surface area contributed by atoms with Crippen LogP contribution >= 0.6 is 0 Å². The first-order valence-corrected chi connectivity index (χ1v) is 4.43. The number of rotatable bonds is 2. The van der Waals surface area contributed by atoms with Crippen molar-refractivity contribution in [1.82, 2.24) is 5.32 Å². The molecule has 2 atom stereocenters. The van der Waals surface area contributed by atoms with Crippen LogP contribution in [-0.4, -0.2) is 29.8 Å². The minimum absolute atomic E-state index is 0.306. The topological polar surface area (TPSA) is 49.3 Å². The fraction of sp³-hybridized carbons (Fsp3) is 0.875. The highest BCUT2D eigenvalue weighted by Crippen LogP contribution is 2.32. The van der Waals surface area contributed by atoms with Crippen molar-refractivity contribution in [3.63, 3.8) is 0 Å². The molecule has 1 aliphatic rings. The number of carboxylic acid groups (broad SMARTS) is 1. The van der Waals surface area contributed by atoms with Crippen LogP contribution in [0, 0.1) is 5.92 Å². The maximum absolute atomic E-state index is 12.4. The zero-order valence-electron chi connectivity index (χ0n) is 7.47. The van der Waals surface area contributed by atoms with E-state index >= 15 is 0 Å². The summed E-state index contributed by atoms with van der Waals surface area (Å²) in [6.45, 7) is 0.306. The Labute approximate surface area is 79.3 Å². The van der Waals surface area contributed by atoms with Crippen LogP contribution in [0.2, 0.25) is 0 Å². The van der Waals surface area contributed by atoms with Crippen molar-refractivity contribution in [2.75, 3.05) is 6.54 Å². The second-order valence-electron chi connectivity index (χ2n) is 3.47. The number of nitrogens with one attached hydrogen (secondary N) is 1. The van der Waals surface area contributed by atoms with Gasteiger partial charge in [0.25, 0.3) is 0 Å². The van der Waals surface area contributed by atoms with E-state index in [4.69, 9.17) is 5.11 Å². The monoisotopic (exact) mass is 211 g/mol. The lowest BCUT2D eigenvalue weighted by Crippen LogP contribution is -2.51. The molecule has 1 saturated heterocycles. The Morgan fingerprint density at radius 3 is 2.64 bits per heavy atom. The molecule has 0 aromatic heterocycles. The Kier molecular flexibility index (Phi) is 3.36. The summed E-state index contributed by atoms with van der Waals surface area (Å²) in [5, 5.41) is 10.8. The fourth-order valence-electron chi connectivity index (χ4n) is 1.78. The second-order valence-corrected chi connectivity index (χ2v) is 3.47. The Morgan fingerprint density at radius 2 is 2.14 bits per heavy atom. The SMILES string of the molecule is O=C(O)C[C@@H]1CCCN[C@H]1C(F)(F)F. The molecule has 0 saturated carbocycles. The first-order valence-electron chi connectivity index (χ1n) is 4.43. The van der Waals surface area contributed by atoms with Crippen molar-refractivity contribution < 1.29 is 23.1 Å². The number of piperidine rings is 1. The van der Waals surface area contributed by atoms with E-state index < -0.39 is 30.5 Å². The van der Waals surface area contributed by atoms with Gasteiger partial charge < -0.3 is 10.4 Å². The van der Waals surface area contributed by atoms with Crippen molar-refractivity contribution in [2.24, 2.45) is 5.92 Å². The van der Waals surface area contributed by atoms with Gasteiger partial charge in [-0.3, -0.25) is 4.79 Å². The first-order chi connectivity index (χ1) is 6.41. The molecule has 3 nitrogen and oxygen atoms in total.